The number of guanidine groups is 1. The van der Waals surface area contributed by atoms with E-state index in [9.17, 15) is 4.79 Å². The number of rotatable bonds is 3. The summed E-state index contributed by atoms with van der Waals surface area (Å²) in [6.45, 7) is 8.03. The maximum Gasteiger partial charge on any atom is 0.251 e. The third kappa shape index (κ3) is 5.91. The second-order valence-electron chi connectivity index (χ2n) is 7.64. The van der Waals surface area contributed by atoms with Gasteiger partial charge in [0.15, 0.2) is 5.96 Å². The van der Waals surface area contributed by atoms with E-state index in [-0.39, 0.29) is 36.0 Å². The Bertz CT molecular complexity index is 506. The van der Waals surface area contributed by atoms with Crippen LogP contribution in [0.2, 0.25) is 0 Å². The van der Waals surface area contributed by atoms with E-state index in [4.69, 9.17) is 4.74 Å². The molecule has 9 heteroatoms. The Morgan fingerprint density at radius 3 is 2.44 bits per heavy atom. The molecular weight excluding hydrogens is 459 g/mol. The fourth-order valence-corrected chi connectivity index (χ4v) is 3.98. The molecule has 0 aromatic heterocycles. The van der Waals surface area contributed by atoms with Crippen LogP contribution in [0, 0.1) is 0 Å². The summed E-state index contributed by atoms with van der Waals surface area (Å²) < 4.78 is 5.54. The summed E-state index contributed by atoms with van der Waals surface area (Å²) >= 11 is 0. The second kappa shape index (κ2) is 10.8. The van der Waals surface area contributed by atoms with Gasteiger partial charge in [-0.2, -0.15) is 0 Å². The van der Waals surface area contributed by atoms with Gasteiger partial charge in [-0.1, -0.05) is 0 Å². The molecule has 3 aliphatic rings. The first-order valence-corrected chi connectivity index (χ1v) is 9.83. The molecule has 0 radical (unpaired) electrons. The number of hydrogen-bond donors (Lipinski definition) is 1. The molecule has 2 unspecified atom stereocenters. The van der Waals surface area contributed by atoms with E-state index in [1.807, 2.05) is 11.9 Å². The zero-order valence-electron chi connectivity index (χ0n) is 16.9. The minimum atomic E-state index is -0.210. The number of ether oxygens (including phenoxy) is 1. The first-order chi connectivity index (χ1) is 12.6. The molecule has 3 saturated heterocycles. The fraction of sp³-hybridized carbons (Fsp3) is 0.889. The van der Waals surface area contributed by atoms with Crippen molar-refractivity contribution in [3.63, 3.8) is 0 Å². The third-order valence-electron chi connectivity index (χ3n) is 5.78. The topological polar surface area (TPSA) is 63.7 Å². The summed E-state index contributed by atoms with van der Waals surface area (Å²) in [5, 5.41) is 3.54. The van der Waals surface area contributed by atoms with E-state index in [1.54, 1.807) is 0 Å². The minimum absolute atomic E-state index is 0. The van der Waals surface area contributed by atoms with E-state index in [0.29, 0.717) is 6.04 Å². The third-order valence-corrected chi connectivity index (χ3v) is 5.78. The highest BCUT2D eigenvalue weighted by Gasteiger charge is 2.31. The van der Waals surface area contributed by atoms with Crippen LogP contribution < -0.4 is 5.32 Å². The van der Waals surface area contributed by atoms with Crippen molar-refractivity contribution in [3.05, 3.63) is 0 Å². The highest BCUT2D eigenvalue weighted by atomic mass is 127. The minimum Gasteiger partial charge on any atom is -0.368 e. The number of likely N-dealkylation sites (N-methyl/N-ethyl adjacent to an activating group) is 2. The predicted molar refractivity (Wildman–Crippen MR) is 118 cm³/mol. The Balaban J connectivity index is 0.00000261. The van der Waals surface area contributed by atoms with Gasteiger partial charge in [0.25, 0.3) is 5.91 Å². The summed E-state index contributed by atoms with van der Waals surface area (Å²) in [6.07, 6.45) is 1.65. The SMILES string of the molecule is CN=C(NCC1CN(C)CCN1C)N1CCN(C(=O)C2CCCO2)CC1.I. The van der Waals surface area contributed by atoms with E-state index in [2.05, 4.69) is 39.1 Å². The molecule has 0 bridgehead atoms. The average Bonchev–Trinajstić information content (AvgIpc) is 3.19. The van der Waals surface area contributed by atoms with Gasteiger partial charge in [-0.05, 0) is 26.9 Å². The number of carbonyl (C=O) groups excluding carboxylic acids is 1. The van der Waals surface area contributed by atoms with Crippen LogP contribution in [0.5, 0.6) is 0 Å². The summed E-state index contributed by atoms with van der Waals surface area (Å²) in [5.41, 5.74) is 0. The Morgan fingerprint density at radius 2 is 1.81 bits per heavy atom. The largest absolute Gasteiger partial charge is 0.368 e. The van der Waals surface area contributed by atoms with Crippen molar-refractivity contribution >= 4 is 35.8 Å². The quantitative estimate of drug-likeness (QED) is 0.332. The Kier molecular flexibility index (Phi) is 9.03. The van der Waals surface area contributed by atoms with Gasteiger partial charge in [-0.3, -0.25) is 14.7 Å². The fourth-order valence-electron chi connectivity index (χ4n) is 3.98. The molecule has 0 aromatic rings. The van der Waals surface area contributed by atoms with Crippen LogP contribution >= 0.6 is 24.0 Å². The lowest BCUT2D eigenvalue weighted by molar-refractivity contribution is -0.142. The van der Waals surface area contributed by atoms with Crippen LogP contribution in [-0.2, 0) is 9.53 Å². The molecule has 1 N–H and O–H groups in total. The number of piperazine rings is 2. The molecule has 0 spiro atoms. The number of hydrogen-bond acceptors (Lipinski definition) is 5. The van der Waals surface area contributed by atoms with Crippen LogP contribution in [0.25, 0.3) is 0 Å². The number of carbonyl (C=O) groups is 1. The van der Waals surface area contributed by atoms with Crippen molar-refractivity contribution < 1.29 is 9.53 Å². The smallest absolute Gasteiger partial charge is 0.251 e. The maximum atomic E-state index is 12.5. The van der Waals surface area contributed by atoms with E-state index in [0.717, 1.165) is 77.8 Å². The molecule has 8 nitrogen and oxygen atoms in total. The molecular formula is C18H35IN6O2. The van der Waals surface area contributed by atoms with Crippen LogP contribution in [-0.4, -0.2) is 124 Å². The van der Waals surface area contributed by atoms with Crippen molar-refractivity contribution in [2.75, 3.05) is 80.1 Å². The first-order valence-electron chi connectivity index (χ1n) is 9.83. The number of nitrogens with zero attached hydrogens (tertiary/aromatic N) is 5. The van der Waals surface area contributed by atoms with Crippen LogP contribution in [0.1, 0.15) is 12.8 Å². The van der Waals surface area contributed by atoms with E-state index in [1.165, 1.54) is 0 Å². The van der Waals surface area contributed by atoms with Crippen molar-refractivity contribution in [3.8, 4) is 0 Å². The van der Waals surface area contributed by atoms with Gasteiger partial charge in [-0.25, -0.2) is 0 Å². The maximum absolute atomic E-state index is 12.5. The Labute approximate surface area is 180 Å². The van der Waals surface area contributed by atoms with Gasteiger partial charge >= 0.3 is 0 Å². The van der Waals surface area contributed by atoms with Gasteiger partial charge in [0.05, 0.1) is 0 Å². The van der Waals surface area contributed by atoms with Gasteiger partial charge in [0, 0.05) is 72.1 Å². The normalized spacial score (nSPS) is 28.2. The van der Waals surface area contributed by atoms with Gasteiger partial charge < -0.3 is 24.8 Å². The molecule has 1 amide bonds. The highest BCUT2D eigenvalue weighted by molar-refractivity contribution is 14.0. The van der Waals surface area contributed by atoms with Crippen LogP contribution in [0.3, 0.4) is 0 Å². The number of nitrogens with one attached hydrogen (secondary N) is 1. The first kappa shape index (κ1) is 22.6. The lowest BCUT2D eigenvalue weighted by Gasteiger charge is -2.40. The van der Waals surface area contributed by atoms with Crippen molar-refractivity contribution in [1.82, 2.24) is 24.9 Å². The second-order valence-corrected chi connectivity index (χ2v) is 7.64. The summed E-state index contributed by atoms with van der Waals surface area (Å²) in [4.78, 5) is 25.9. The number of amides is 1. The molecule has 2 atom stereocenters. The van der Waals surface area contributed by atoms with Gasteiger partial charge in [-0.15, -0.1) is 24.0 Å². The van der Waals surface area contributed by atoms with Gasteiger partial charge in [0.2, 0.25) is 0 Å². The molecule has 0 aromatic carbocycles. The van der Waals surface area contributed by atoms with E-state index >= 15 is 0 Å². The Hall–Kier alpha value is -0.650. The predicted octanol–water partition coefficient (Wildman–Crippen LogP) is -0.251. The molecule has 3 fully saturated rings. The monoisotopic (exact) mass is 494 g/mol. The summed E-state index contributed by atoms with van der Waals surface area (Å²) in [6, 6.07) is 0.493. The molecule has 3 aliphatic heterocycles. The lowest BCUT2D eigenvalue weighted by Crippen LogP contribution is -2.58. The summed E-state index contributed by atoms with van der Waals surface area (Å²) in [5.74, 6) is 1.10. The molecule has 3 rings (SSSR count). The standard InChI is InChI=1S/C18H34N6O2.HI/c1-19-18(20-13-15-14-21(2)6-7-22(15)3)24-10-8-23(9-11-24)17(25)16-5-4-12-26-16;/h15-16H,4-14H2,1-3H3,(H,19,20);1H. The zero-order valence-corrected chi connectivity index (χ0v) is 19.2. The molecule has 0 saturated carbocycles. The average molecular weight is 494 g/mol. The molecule has 0 aliphatic carbocycles. The highest BCUT2D eigenvalue weighted by Crippen LogP contribution is 2.16. The number of halogens is 1. The molecule has 156 valence electrons. The lowest BCUT2D eigenvalue weighted by atomic mass is 10.2. The van der Waals surface area contributed by atoms with Crippen molar-refractivity contribution in [2.45, 2.75) is 25.0 Å². The zero-order chi connectivity index (χ0) is 18.5. The summed E-state index contributed by atoms with van der Waals surface area (Å²) in [7, 11) is 6.21. The van der Waals surface area contributed by atoms with E-state index < -0.39 is 0 Å². The van der Waals surface area contributed by atoms with Crippen molar-refractivity contribution in [2.24, 2.45) is 4.99 Å². The van der Waals surface area contributed by atoms with Crippen LogP contribution in [0.15, 0.2) is 4.99 Å². The molecule has 3 heterocycles. The van der Waals surface area contributed by atoms with Crippen molar-refractivity contribution in [1.29, 1.82) is 0 Å². The molecule has 27 heavy (non-hydrogen) atoms. The van der Waals surface area contributed by atoms with Crippen LogP contribution in [0.4, 0.5) is 0 Å². The Morgan fingerprint density at radius 1 is 1.11 bits per heavy atom. The number of aliphatic imine (C=N–C) groups is 1. The van der Waals surface area contributed by atoms with Gasteiger partial charge in [0.1, 0.15) is 6.10 Å².